The number of hydrogen-bond acceptors (Lipinski definition) is 6. The number of primary amides is 1. The second kappa shape index (κ2) is 9.04. The SMILES string of the molecule is Cc1ccc(-c2cc(C(F)F)nc3sc(C(N)=O)c(NC(=O)CCn4cc(Br)cn4)c23)s1. The van der Waals surface area contributed by atoms with Crippen molar-refractivity contribution in [2.45, 2.75) is 26.3 Å². The lowest BCUT2D eigenvalue weighted by molar-refractivity contribution is -0.116. The van der Waals surface area contributed by atoms with Crippen LogP contribution in [0.5, 0.6) is 0 Å². The second-order valence-electron chi connectivity index (χ2n) is 6.88. The Morgan fingerprint density at radius 2 is 2.09 bits per heavy atom. The third-order valence-electron chi connectivity index (χ3n) is 4.57. The van der Waals surface area contributed by atoms with Crippen LogP contribution in [0.1, 0.15) is 33.1 Å². The highest BCUT2D eigenvalue weighted by atomic mass is 79.9. The maximum Gasteiger partial charge on any atom is 0.280 e. The van der Waals surface area contributed by atoms with Gasteiger partial charge in [-0.3, -0.25) is 14.3 Å². The molecule has 3 N–H and O–H groups in total. The Bertz CT molecular complexity index is 1330. The fourth-order valence-corrected chi connectivity index (χ4v) is 5.41. The Morgan fingerprint density at radius 1 is 1.31 bits per heavy atom. The largest absolute Gasteiger partial charge is 0.365 e. The molecule has 0 aliphatic heterocycles. The number of fused-ring (bicyclic) bond motifs is 1. The van der Waals surface area contributed by atoms with Crippen molar-refractivity contribution in [3.05, 3.63) is 50.5 Å². The molecule has 0 unspecified atom stereocenters. The molecule has 0 aliphatic rings. The number of carbonyl (C=O) groups is 2. The number of carbonyl (C=O) groups excluding carboxylic acids is 2. The molecule has 4 aromatic heterocycles. The van der Waals surface area contributed by atoms with E-state index in [9.17, 15) is 18.4 Å². The van der Waals surface area contributed by atoms with Crippen molar-refractivity contribution >= 4 is 66.3 Å². The van der Waals surface area contributed by atoms with E-state index in [1.54, 1.807) is 17.1 Å². The third kappa shape index (κ3) is 4.57. The van der Waals surface area contributed by atoms with Gasteiger partial charge in [0, 0.05) is 39.9 Å². The van der Waals surface area contributed by atoms with Gasteiger partial charge in [0.05, 0.1) is 16.4 Å². The Labute approximate surface area is 197 Å². The number of hydrogen-bond donors (Lipinski definition) is 2. The molecule has 166 valence electrons. The first-order chi connectivity index (χ1) is 15.2. The van der Waals surface area contributed by atoms with Crippen LogP contribution in [0, 0.1) is 6.92 Å². The van der Waals surface area contributed by atoms with E-state index in [4.69, 9.17) is 5.73 Å². The molecular formula is C20H16BrF2N5O2S2. The first kappa shape index (κ1) is 22.5. The fourth-order valence-electron chi connectivity index (χ4n) is 3.17. The van der Waals surface area contributed by atoms with Crippen LogP contribution in [-0.4, -0.2) is 26.6 Å². The first-order valence-electron chi connectivity index (χ1n) is 9.33. The van der Waals surface area contributed by atoms with Crippen LogP contribution in [0.25, 0.3) is 20.7 Å². The number of nitrogens with one attached hydrogen (secondary N) is 1. The van der Waals surface area contributed by atoms with E-state index in [-0.39, 0.29) is 27.7 Å². The molecule has 2 amide bonds. The van der Waals surface area contributed by atoms with Gasteiger partial charge in [-0.15, -0.1) is 22.7 Å². The van der Waals surface area contributed by atoms with Crippen molar-refractivity contribution in [1.29, 1.82) is 0 Å². The van der Waals surface area contributed by atoms with Crippen LogP contribution in [-0.2, 0) is 11.3 Å². The second-order valence-corrected chi connectivity index (χ2v) is 10.1. The Balaban J connectivity index is 1.78. The van der Waals surface area contributed by atoms with Crippen molar-refractivity contribution in [3.63, 3.8) is 0 Å². The molecule has 0 aliphatic carbocycles. The van der Waals surface area contributed by atoms with Crippen LogP contribution in [0.15, 0.2) is 35.1 Å². The van der Waals surface area contributed by atoms with E-state index in [2.05, 4.69) is 31.3 Å². The summed E-state index contributed by atoms with van der Waals surface area (Å²) in [6.45, 7) is 2.22. The van der Waals surface area contributed by atoms with E-state index >= 15 is 0 Å². The number of nitrogens with two attached hydrogens (primary N) is 1. The molecular weight excluding hydrogens is 524 g/mol. The van der Waals surface area contributed by atoms with Crippen LogP contribution in [0.3, 0.4) is 0 Å². The van der Waals surface area contributed by atoms with Crippen LogP contribution in [0.2, 0.25) is 0 Å². The summed E-state index contributed by atoms with van der Waals surface area (Å²) in [6, 6.07) is 4.98. The summed E-state index contributed by atoms with van der Waals surface area (Å²) in [7, 11) is 0. The molecule has 0 bridgehead atoms. The van der Waals surface area contributed by atoms with Gasteiger partial charge in [0.15, 0.2) is 0 Å². The maximum absolute atomic E-state index is 13.5. The quantitative estimate of drug-likeness (QED) is 0.330. The summed E-state index contributed by atoms with van der Waals surface area (Å²) < 4.78 is 29.4. The van der Waals surface area contributed by atoms with Gasteiger partial charge >= 0.3 is 0 Å². The predicted octanol–water partition coefficient (Wildman–Crippen LogP) is 5.36. The number of anilines is 1. The van der Waals surface area contributed by atoms with Gasteiger partial charge < -0.3 is 11.1 Å². The van der Waals surface area contributed by atoms with Crippen molar-refractivity contribution < 1.29 is 18.4 Å². The number of nitrogens with zero attached hydrogens (tertiary/aromatic N) is 3. The summed E-state index contributed by atoms with van der Waals surface area (Å²) in [5.74, 6) is -1.14. The molecule has 0 saturated carbocycles. The molecule has 7 nitrogen and oxygen atoms in total. The van der Waals surface area contributed by atoms with Gasteiger partial charge in [-0.25, -0.2) is 13.8 Å². The van der Waals surface area contributed by atoms with Gasteiger partial charge in [-0.05, 0) is 41.1 Å². The van der Waals surface area contributed by atoms with E-state index in [1.165, 1.54) is 17.4 Å². The van der Waals surface area contributed by atoms with Crippen LogP contribution in [0.4, 0.5) is 14.5 Å². The Kier molecular flexibility index (Phi) is 6.35. The lowest BCUT2D eigenvalue weighted by Gasteiger charge is -2.10. The topological polar surface area (TPSA) is 103 Å². The molecule has 32 heavy (non-hydrogen) atoms. The van der Waals surface area contributed by atoms with Crippen molar-refractivity contribution in [2.24, 2.45) is 5.73 Å². The summed E-state index contributed by atoms with van der Waals surface area (Å²) in [4.78, 5) is 30.8. The number of aromatic nitrogens is 3. The number of pyridine rings is 1. The fraction of sp³-hybridized carbons (Fsp3) is 0.200. The summed E-state index contributed by atoms with van der Waals surface area (Å²) in [5.41, 5.74) is 5.80. The lowest BCUT2D eigenvalue weighted by atomic mass is 10.1. The molecule has 4 rings (SSSR count). The summed E-state index contributed by atoms with van der Waals surface area (Å²) in [6.07, 6.45) is 0.635. The van der Waals surface area contributed by atoms with Gasteiger partial charge in [0.1, 0.15) is 15.4 Å². The zero-order chi connectivity index (χ0) is 23.0. The molecule has 4 heterocycles. The standard InChI is InChI=1S/C20H16BrF2N5O2S2/c1-9-2-3-13(31-9)11-6-12(18(22)23)26-20-15(11)16(17(32-20)19(24)30)27-14(29)4-5-28-8-10(21)7-25-28/h2-3,6-8,18H,4-5H2,1H3,(H2,24,30)(H,27,29). The van der Waals surface area contributed by atoms with Gasteiger partial charge in [0.25, 0.3) is 12.3 Å². The monoisotopic (exact) mass is 539 g/mol. The van der Waals surface area contributed by atoms with Crippen molar-refractivity contribution in [3.8, 4) is 10.4 Å². The van der Waals surface area contributed by atoms with Gasteiger partial charge in [0.2, 0.25) is 5.91 Å². The minimum absolute atomic E-state index is 0.0589. The number of thiophene rings is 2. The average molecular weight is 540 g/mol. The lowest BCUT2D eigenvalue weighted by Crippen LogP contribution is -2.18. The zero-order valence-electron chi connectivity index (χ0n) is 16.6. The predicted molar refractivity (Wildman–Crippen MR) is 124 cm³/mol. The maximum atomic E-state index is 13.5. The average Bonchev–Trinajstić information content (AvgIpc) is 3.44. The number of alkyl halides is 2. The zero-order valence-corrected chi connectivity index (χ0v) is 19.8. The number of aryl methyl sites for hydroxylation is 2. The molecule has 0 radical (unpaired) electrons. The van der Waals surface area contributed by atoms with E-state index < -0.39 is 18.0 Å². The van der Waals surface area contributed by atoms with Crippen LogP contribution < -0.4 is 11.1 Å². The molecule has 12 heteroatoms. The highest BCUT2D eigenvalue weighted by molar-refractivity contribution is 9.10. The van der Waals surface area contributed by atoms with Crippen molar-refractivity contribution in [1.82, 2.24) is 14.8 Å². The normalized spacial score (nSPS) is 11.4. The highest BCUT2D eigenvalue weighted by Gasteiger charge is 2.25. The Hall–Kier alpha value is -2.70. The smallest absolute Gasteiger partial charge is 0.280 e. The molecule has 0 atom stereocenters. The summed E-state index contributed by atoms with van der Waals surface area (Å²) >= 11 is 5.60. The minimum Gasteiger partial charge on any atom is -0.365 e. The number of halogens is 3. The number of rotatable bonds is 7. The highest BCUT2D eigenvalue weighted by Crippen LogP contribution is 2.44. The van der Waals surface area contributed by atoms with E-state index in [0.29, 0.717) is 17.5 Å². The van der Waals surface area contributed by atoms with Gasteiger partial charge in [-0.1, -0.05) is 0 Å². The molecule has 4 aromatic rings. The minimum atomic E-state index is -2.79. The third-order valence-corrected chi connectivity index (χ3v) is 7.11. The molecule has 0 aromatic carbocycles. The van der Waals surface area contributed by atoms with Crippen molar-refractivity contribution in [2.75, 3.05) is 5.32 Å². The van der Waals surface area contributed by atoms with E-state index in [1.807, 2.05) is 19.1 Å². The van der Waals surface area contributed by atoms with E-state index in [0.717, 1.165) is 25.6 Å². The number of amides is 2. The van der Waals surface area contributed by atoms with Gasteiger partial charge in [-0.2, -0.15) is 5.10 Å². The summed E-state index contributed by atoms with van der Waals surface area (Å²) in [5, 5.41) is 7.27. The Morgan fingerprint density at radius 3 is 2.69 bits per heavy atom. The van der Waals surface area contributed by atoms with Crippen LogP contribution >= 0.6 is 38.6 Å². The first-order valence-corrected chi connectivity index (χ1v) is 11.8. The molecule has 0 saturated heterocycles. The molecule has 0 fully saturated rings. The molecule has 0 spiro atoms.